The number of aliphatic hydroxyl groups is 1. The fourth-order valence-electron chi connectivity index (χ4n) is 2.48. The van der Waals surface area contributed by atoms with Gasteiger partial charge in [0.15, 0.2) is 0 Å². The molecule has 0 fully saturated rings. The molecule has 0 aliphatic carbocycles. The zero-order chi connectivity index (χ0) is 17.4. The number of hydrogen-bond donors (Lipinski definition) is 2. The van der Waals surface area contributed by atoms with Gasteiger partial charge in [-0.3, -0.25) is 4.79 Å². The molecule has 5 nitrogen and oxygen atoms in total. The van der Waals surface area contributed by atoms with E-state index in [9.17, 15) is 9.90 Å². The summed E-state index contributed by atoms with van der Waals surface area (Å²) in [5.41, 5.74) is 2.32. The predicted molar refractivity (Wildman–Crippen MR) is 96.5 cm³/mol. The molecule has 128 valence electrons. The average molecular weight is 328 g/mol. The summed E-state index contributed by atoms with van der Waals surface area (Å²) >= 11 is 0. The fourth-order valence-corrected chi connectivity index (χ4v) is 2.48. The zero-order valence-corrected chi connectivity index (χ0v) is 14.2. The second kappa shape index (κ2) is 8.93. The van der Waals surface area contributed by atoms with Gasteiger partial charge in [-0.1, -0.05) is 18.2 Å². The van der Waals surface area contributed by atoms with Crippen LogP contribution in [0.25, 0.3) is 0 Å². The Kier molecular flexibility index (Phi) is 6.63. The molecular formula is C19H24N2O3. The van der Waals surface area contributed by atoms with E-state index in [1.807, 2.05) is 49.1 Å². The second-order valence-corrected chi connectivity index (χ2v) is 5.31. The first-order chi connectivity index (χ1) is 11.7. The molecule has 0 saturated heterocycles. The summed E-state index contributed by atoms with van der Waals surface area (Å²) in [5, 5.41) is 12.3. The lowest BCUT2D eigenvalue weighted by Gasteiger charge is -2.22. The van der Waals surface area contributed by atoms with E-state index < -0.39 is 0 Å². The number of para-hydroxylation sites is 1. The van der Waals surface area contributed by atoms with Gasteiger partial charge >= 0.3 is 0 Å². The van der Waals surface area contributed by atoms with Gasteiger partial charge in [-0.25, -0.2) is 0 Å². The SMILES string of the molecule is CCOc1ccc(NC(=O)CN(CC)c2ccccc2)cc1CO. The third-order valence-corrected chi connectivity index (χ3v) is 3.65. The number of carbonyl (C=O) groups is 1. The molecule has 0 bridgehead atoms. The van der Waals surface area contributed by atoms with E-state index in [0.717, 1.165) is 12.2 Å². The Hall–Kier alpha value is -2.53. The van der Waals surface area contributed by atoms with E-state index >= 15 is 0 Å². The highest BCUT2D eigenvalue weighted by Gasteiger charge is 2.11. The predicted octanol–water partition coefficient (Wildman–Crippen LogP) is 3.04. The maximum Gasteiger partial charge on any atom is 0.243 e. The van der Waals surface area contributed by atoms with Gasteiger partial charge in [0.2, 0.25) is 5.91 Å². The number of nitrogens with zero attached hydrogens (tertiary/aromatic N) is 1. The molecule has 0 aromatic heterocycles. The van der Waals surface area contributed by atoms with E-state index in [2.05, 4.69) is 5.32 Å². The highest BCUT2D eigenvalue weighted by atomic mass is 16.5. The van der Waals surface area contributed by atoms with E-state index in [1.165, 1.54) is 0 Å². The number of carbonyl (C=O) groups excluding carboxylic acids is 1. The van der Waals surface area contributed by atoms with Gasteiger partial charge in [-0.05, 0) is 44.2 Å². The summed E-state index contributed by atoms with van der Waals surface area (Å²) < 4.78 is 5.45. The Morgan fingerprint density at radius 2 is 1.92 bits per heavy atom. The molecule has 0 spiro atoms. The van der Waals surface area contributed by atoms with Crippen LogP contribution in [0.15, 0.2) is 48.5 Å². The number of aliphatic hydroxyl groups excluding tert-OH is 1. The van der Waals surface area contributed by atoms with Crippen molar-refractivity contribution in [2.75, 3.05) is 29.9 Å². The molecule has 2 aromatic rings. The van der Waals surface area contributed by atoms with Crippen molar-refractivity contribution in [3.8, 4) is 5.75 Å². The van der Waals surface area contributed by atoms with Crippen LogP contribution in [0, 0.1) is 0 Å². The van der Waals surface area contributed by atoms with Gasteiger partial charge in [-0.2, -0.15) is 0 Å². The Bertz CT molecular complexity index is 659. The molecular weight excluding hydrogens is 304 g/mol. The van der Waals surface area contributed by atoms with Crippen LogP contribution in [0.4, 0.5) is 11.4 Å². The number of likely N-dealkylation sites (N-methyl/N-ethyl adjacent to an activating group) is 1. The fraction of sp³-hybridized carbons (Fsp3) is 0.316. The van der Waals surface area contributed by atoms with Crippen LogP contribution >= 0.6 is 0 Å². The Labute approximate surface area is 142 Å². The van der Waals surface area contributed by atoms with Crippen LogP contribution in [0.5, 0.6) is 5.75 Å². The van der Waals surface area contributed by atoms with Crippen LogP contribution in [-0.4, -0.2) is 30.7 Å². The Morgan fingerprint density at radius 1 is 1.17 bits per heavy atom. The molecule has 0 aliphatic rings. The van der Waals surface area contributed by atoms with Crippen molar-refractivity contribution in [2.45, 2.75) is 20.5 Å². The lowest BCUT2D eigenvalue weighted by atomic mass is 10.2. The van der Waals surface area contributed by atoms with Crippen molar-refractivity contribution in [3.63, 3.8) is 0 Å². The molecule has 2 N–H and O–H groups in total. The first-order valence-electron chi connectivity index (χ1n) is 8.14. The van der Waals surface area contributed by atoms with Gasteiger partial charge in [0.05, 0.1) is 19.8 Å². The van der Waals surface area contributed by atoms with E-state index in [1.54, 1.807) is 18.2 Å². The van der Waals surface area contributed by atoms with Gasteiger partial charge < -0.3 is 20.1 Å². The monoisotopic (exact) mass is 328 g/mol. The molecule has 0 atom stereocenters. The van der Waals surface area contributed by atoms with Crippen molar-refractivity contribution in [1.29, 1.82) is 0 Å². The molecule has 24 heavy (non-hydrogen) atoms. The van der Waals surface area contributed by atoms with E-state index in [0.29, 0.717) is 23.6 Å². The highest BCUT2D eigenvalue weighted by molar-refractivity contribution is 5.94. The number of rotatable bonds is 8. The Morgan fingerprint density at radius 3 is 2.54 bits per heavy atom. The minimum atomic E-state index is -0.135. The summed E-state index contributed by atoms with van der Waals surface area (Å²) in [7, 11) is 0. The smallest absolute Gasteiger partial charge is 0.243 e. The van der Waals surface area contributed by atoms with Crippen LogP contribution in [0.2, 0.25) is 0 Å². The largest absolute Gasteiger partial charge is 0.494 e. The van der Waals surface area contributed by atoms with Crippen LogP contribution in [0.3, 0.4) is 0 Å². The quantitative estimate of drug-likeness (QED) is 0.782. The van der Waals surface area contributed by atoms with Crippen LogP contribution in [-0.2, 0) is 11.4 Å². The summed E-state index contributed by atoms with van der Waals surface area (Å²) in [6, 6.07) is 15.1. The molecule has 0 aliphatic heterocycles. The van der Waals surface area contributed by atoms with Gasteiger partial charge in [-0.15, -0.1) is 0 Å². The maximum atomic E-state index is 12.3. The number of ether oxygens (including phenoxy) is 1. The second-order valence-electron chi connectivity index (χ2n) is 5.31. The molecule has 0 radical (unpaired) electrons. The average Bonchev–Trinajstić information content (AvgIpc) is 2.62. The minimum Gasteiger partial charge on any atom is -0.494 e. The zero-order valence-electron chi connectivity index (χ0n) is 14.2. The molecule has 0 unspecified atom stereocenters. The minimum absolute atomic E-state index is 0.103. The number of benzene rings is 2. The normalized spacial score (nSPS) is 10.3. The maximum absolute atomic E-state index is 12.3. The number of nitrogens with one attached hydrogen (secondary N) is 1. The van der Waals surface area contributed by atoms with Crippen LogP contribution in [0.1, 0.15) is 19.4 Å². The van der Waals surface area contributed by atoms with Gasteiger partial charge in [0, 0.05) is 23.5 Å². The number of hydrogen-bond acceptors (Lipinski definition) is 4. The summed E-state index contributed by atoms with van der Waals surface area (Å²) in [6.07, 6.45) is 0. The molecule has 1 amide bonds. The lowest BCUT2D eigenvalue weighted by Crippen LogP contribution is -2.33. The lowest BCUT2D eigenvalue weighted by molar-refractivity contribution is -0.115. The summed E-state index contributed by atoms with van der Waals surface area (Å²) in [6.45, 7) is 5.30. The van der Waals surface area contributed by atoms with Crippen molar-refractivity contribution in [3.05, 3.63) is 54.1 Å². The van der Waals surface area contributed by atoms with E-state index in [-0.39, 0.29) is 19.1 Å². The third-order valence-electron chi connectivity index (χ3n) is 3.65. The van der Waals surface area contributed by atoms with Crippen molar-refractivity contribution >= 4 is 17.3 Å². The van der Waals surface area contributed by atoms with Crippen LogP contribution < -0.4 is 15.0 Å². The Balaban J connectivity index is 2.03. The molecule has 2 aromatic carbocycles. The summed E-state index contributed by atoms with van der Waals surface area (Å²) in [5.74, 6) is 0.534. The molecule has 0 saturated carbocycles. The molecule has 0 heterocycles. The van der Waals surface area contributed by atoms with Crippen molar-refractivity contribution in [1.82, 2.24) is 0 Å². The van der Waals surface area contributed by atoms with Crippen molar-refractivity contribution in [2.24, 2.45) is 0 Å². The standard InChI is InChI=1S/C19H24N2O3/c1-3-21(17-8-6-5-7-9-17)13-19(23)20-16-10-11-18(24-4-2)15(12-16)14-22/h5-12,22H,3-4,13-14H2,1-2H3,(H,20,23). The van der Waals surface area contributed by atoms with Crippen molar-refractivity contribution < 1.29 is 14.6 Å². The highest BCUT2D eigenvalue weighted by Crippen LogP contribution is 2.23. The molecule has 2 rings (SSSR count). The summed E-state index contributed by atoms with van der Waals surface area (Å²) in [4.78, 5) is 14.3. The topological polar surface area (TPSA) is 61.8 Å². The molecule has 5 heteroatoms. The first kappa shape index (κ1) is 17.8. The number of amides is 1. The first-order valence-corrected chi connectivity index (χ1v) is 8.14. The van der Waals surface area contributed by atoms with Gasteiger partial charge in [0.1, 0.15) is 5.75 Å². The number of anilines is 2. The van der Waals surface area contributed by atoms with Gasteiger partial charge in [0.25, 0.3) is 0 Å². The van der Waals surface area contributed by atoms with E-state index in [4.69, 9.17) is 4.74 Å². The third kappa shape index (κ3) is 4.73.